The largest absolute Gasteiger partial charge is 0.494 e. The highest BCUT2D eigenvalue weighted by Gasteiger charge is 2.19. The summed E-state index contributed by atoms with van der Waals surface area (Å²) in [5.74, 6) is -0.666. The first-order chi connectivity index (χ1) is 9.97. The molecule has 0 atom stereocenters. The Kier molecular flexibility index (Phi) is 4.26. The summed E-state index contributed by atoms with van der Waals surface area (Å²) in [6.45, 7) is 1.87. The molecule has 0 unspecified atom stereocenters. The highest BCUT2D eigenvalue weighted by atomic mass is 19.1. The lowest BCUT2D eigenvalue weighted by Crippen LogP contribution is -2.06. The van der Waals surface area contributed by atoms with E-state index >= 15 is 0 Å². The lowest BCUT2D eigenvalue weighted by Gasteiger charge is -2.07. The van der Waals surface area contributed by atoms with Gasteiger partial charge in [-0.3, -0.25) is 9.48 Å². The van der Waals surface area contributed by atoms with Gasteiger partial charge in [-0.1, -0.05) is 6.07 Å². The number of halogens is 1. The predicted molar refractivity (Wildman–Crippen MR) is 75.6 cm³/mol. The van der Waals surface area contributed by atoms with E-state index in [1.54, 1.807) is 23.9 Å². The van der Waals surface area contributed by atoms with Crippen LogP contribution in [0.4, 0.5) is 4.39 Å². The number of methoxy groups -OCH3 is 2. The monoisotopic (exact) mass is 292 g/mol. The third kappa shape index (κ3) is 2.89. The van der Waals surface area contributed by atoms with Crippen molar-refractivity contribution in [3.8, 4) is 16.9 Å². The molecule has 0 N–H and O–H groups in total. The van der Waals surface area contributed by atoms with Crippen LogP contribution < -0.4 is 4.74 Å². The molecule has 0 bridgehead atoms. The van der Waals surface area contributed by atoms with Crippen LogP contribution >= 0.6 is 0 Å². The second-order valence-corrected chi connectivity index (χ2v) is 4.63. The molecule has 1 heterocycles. The van der Waals surface area contributed by atoms with Crippen molar-refractivity contribution in [2.75, 3.05) is 14.2 Å². The lowest BCUT2D eigenvalue weighted by atomic mass is 10.0. The Morgan fingerprint density at radius 1 is 1.38 bits per heavy atom. The number of esters is 1. The Balaban J connectivity index is 2.52. The molecule has 21 heavy (non-hydrogen) atoms. The molecule has 1 aromatic heterocycles. The minimum atomic E-state index is -0.456. The number of hydrogen-bond acceptors (Lipinski definition) is 4. The fraction of sp³-hybridized carbons (Fsp3) is 0.333. The molecule has 6 heteroatoms. The summed E-state index contributed by atoms with van der Waals surface area (Å²) in [6, 6.07) is 4.68. The van der Waals surface area contributed by atoms with Crippen molar-refractivity contribution >= 4 is 5.97 Å². The van der Waals surface area contributed by atoms with Crippen LogP contribution in [0.1, 0.15) is 11.4 Å². The number of carbonyl (C=O) groups excluding carboxylic acids is 1. The number of rotatable bonds is 4. The first-order valence-electron chi connectivity index (χ1n) is 6.41. The van der Waals surface area contributed by atoms with Gasteiger partial charge < -0.3 is 9.47 Å². The second kappa shape index (κ2) is 5.95. The molecule has 0 radical (unpaired) electrons. The minimum absolute atomic E-state index is 0.0428. The van der Waals surface area contributed by atoms with Gasteiger partial charge in [-0.05, 0) is 24.6 Å². The van der Waals surface area contributed by atoms with Crippen molar-refractivity contribution < 1.29 is 18.7 Å². The Labute approximate surface area is 122 Å². The SMILES string of the molecule is COC(=O)Cc1nn(C)c(C)c1-c1ccc(OC)c(F)c1. The summed E-state index contributed by atoms with van der Waals surface area (Å²) in [6.07, 6.45) is 0.0428. The second-order valence-electron chi connectivity index (χ2n) is 4.63. The van der Waals surface area contributed by atoms with Crippen LogP contribution in [0, 0.1) is 12.7 Å². The Morgan fingerprint density at radius 3 is 2.67 bits per heavy atom. The van der Waals surface area contributed by atoms with Gasteiger partial charge in [0, 0.05) is 18.3 Å². The Hall–Kier alpha value is -2.37. The molecule has 0 amide bonds. The van der Waals surface area contributed by atoms with E-state index in [2.05, 4.69) is 9.84 Å². The zero-order valence-electron chi connectivity index (χ0n) is 12.4. The van der Waals surface area contributed by atoms with E-state index in [4.69, 9.17) is 4.74 Å². The van der Waals surface area contributed by atoms with Crippen molar-refractivity contribution in [1.82, 2.24) is 9.78 Å². The molecular formula is C15H17FN2O3. The van der Waals surface area contributed by atoms with Gasteiger partial charge in [-0.2, -0.15) is 5.10 Å². The van der Waals surface area contributed by atoms with Crippen LogP contribution in [0.25, 0.3) is 11.1 Å². The smallest absolute Gasteiger partial charge is 0.311 e. The van der Waals surface area contributed by atoms with Crippen LogP contribution in [-0.2, 0) is 23.0 Å². The van der Waals surface area contributed by atoms with Crippen LogP contribution in [0.3, 0.4) is 0 Å². The molecule has 0 spiro atoms. The topological polar surface area (TPSA) is 53.3 Å². The van der Waals surface area contributed by atoms with Crippen LogP contribution in [0.15, 0.2) is 18.2 Å². The van der Waals surface area contributed by atoms with Crippen molar-refractivity contribution in [3.63, 3.8) is 0 Å². The van der Waals surface area contributed by atoms with Gasteiger partial charge in [-0.25, -0.2) is 4.39 Å². The molecule has 1 aromatic carbocycles. The van der Waals surface area contributed by atoms with Crippen molar-refractivity contribution in [3.05, 3.63) is 35.4 Å². The van der Waals surface area contributed by atoms with Crippen molar-refractivity contribution in [2.45, 2.75) is 13.3 Å². The molecule has 0 aliphatic carbocycles. The van der Waals surface area contributed by atoms with Gasteiger partial charge in [-0.15, -0.1) is 0 Å². The number of aryl methyl sites for hydroxylation is 1. The molecular weight excluding hydrogens is 275 g/mol. The van der Waals surface area contributed by atoms with E-state index in [1.807, 2.05) is 6.92 Å². The van der Waals surface area contributed by atoms with Crippen molar-refractivity contribution in [2.24, 2.45) is 7.05 Å². The zero-order valence-corrected chi connectivity index (χ0v) is 12.4. The summed E-state index contributed by atoms with van der Waals surface area (Å²) in [7, 11) is 4.51. The summed E-state index contributed by atoms with van der Waals surface area (Å²) < 4.78 is 25.1. The van der Waals surface area contributed by atoms with Gasteiger partial charge >= 0.3 is 5.97 Å². The van der Waals surface area contributed by atoms with Gasteiger partial charge in [0.05, 0.1) is 26.3 Å². The predicted octanol–water partition coefficient (Wildman–Crippen LogP) is 2.26. The number of aromatic nitrogens is 2. The molecule has 0 saturated carbocycles. The fourth-order valence-electron chi connectivity index (χ4n) is 2.21. The zero-order chi connectivity index (χ0) is 15.6. The number of hydrogen-bond donors (Lipinski definition) is 0. The molecule has 2 aromatic rings. The summed E-state index contributed by atoms with van der Waals surface area (Å²) in [5.41, 5.74) is 2.80. The maximum Gasteiger partial charge on any atom is 0.311 e. The number of carbonyl (C=O) groups is 1. The fourth-order valence-corrected chi connectivity index (χ4v) is 2.21. The van der Waals surface area contributed by atoms with Crippen LogP contribution in [0.5, 0.6) is 5.75 Å². The molecule has 2 rings (SSSR count). The molecule has 0 fully saturated rings. The van der Waals surface area contributed by atoms with E-state index in [9.17, 15) is 9.18 Å². The highest BCUT2D eigenvalue weighted by molar-refractivity contribution is 5.78. The summed E-state index contributed by atoms with van der Waals surface area (Å²) in [4.78, 5) is 11.5. The van der Waals surface area contributed by atoms with Gasteiger partial charge in [0.1, 0.15) is 0 Å². The highest BCUT2D eigenvalue weighted by Crippen LogP contribution is 2.30. The van der Waals surface area contributed by atoms with E-state index in [0.29, 0.717) is 11.3 Å². The number of nitrogens with zero attached hydrogens (tertiary/aromatic N) is 2. The van der Waals surface area contributed by atoms with Crippen LogP contribution in [-0.4, -0.2) is 30.0 Å². The normalized spacial score (nSPS) is 10.5. The Morgan fingerprint density at radius 2 is 2.10 bits per heavy atom. The first kappa shape index (κ1) is 15.0. The van der Waals surface area contributed by atoms with Gasteiger partial charge in [0.2, 0.25) is 0 Å². The first-order valence-corrected chi connectivity index (χ1v) is 6.41. The Bertz CT molecular complexity index is 680. The van der Waals surface area contributed by atoms with Crippen LogP contribution in [0.2, 0.25) is 0 Å². The van der Waals surface area contributed by atoms with E-state index in [0.717, 1.165) is 11.3 Å². The molecule has 112 valence electrons. The molecule has 0 aliphatic heterocycles. The average Bonchev–Trinajstić information content (AvgIpc) is 2.73. The summed E-state index contributed by atoms with van der Waals surface area (Å²) in [5, 5.41) is 4.31. The van der Waals surface area contributed by atoms with E-state index < -0.39 is 5.82 Å². The minimum Gasteiger partial charge on any atom is -0.494 e. The average molecular weight is 292 g/mol. The standard InChI is InChI=1S/C15H17FN2O3/c1-9-15(10-5-6-13(20-3)11(16)7-10)12(17-18(9)2)8-14(19)21-4/h5-7H,8H2,1-4H3. The lowest BCUT2D eigenvalue weighted by molar-refractivity contribution is -0.139. The number of benzene rings is 1. The molecule has 5 nitrogen and oxygen atoms in total. The van der Waals surface area contributed by atoms with E-state index in [1.165, 1.54) is 20.3 Å². The quantitative estimate of drug-likeness (QED) is 0.811. The maximum absolute atomic E-state index is 13.9. The maximum atomic E-state index is 13.9. The summed E-state index contributed by atoms with van der Waals surface area (Å²) >= 11 is 0. The van der Waals surface area contributed by atoms with Gasteiger partial charge in [0.15, 0.2) is 11.6 Å². The molecule has 0 saturated heterocycles. The van der Waals surface area contributed by atoms with E-state index in [-0.39, 0.29) is 18.1 Å². The third-order valence-corrected chi connectivity index (χ3v) is 3.39. The molecule has 0 aliphatic rings. The number of ether oxygens (including phenoxy) is 2. The van der Waals surface area contributed by atoms with Crippen molar-refractivity contribution in [1.29, 1.82) is 0 Å². The van der Waals surface area contributed by atoms with Gasteiger partial charge in [0.25, 0.3) is 0 Å². The third-order valence-electron chi connectivity index (χ3n) is 3.39.